The Hall–Kier alpha value is -5.45. The van der Waals surface area contributed by atoms with Gasteiger partial charge in [0.2, 0.25) is 47.3 Å². The van der Waals surface area contributed by atoms with Crippen LogP contribution in [-0.2, 0) is 99.9 Å². The topological polar surface area (TPSA) is 373 Å². The van der Waals surface area contributed by atoms with Crippen LogP contribution >= 0.6 is 0 Å². The van der Waals surface area contributed by atoms with Gasteiger partial charge in [-0.15, -0.1) is 0 Å². The molecule has 0 bridgehead atoms. The highest BCUT2D eigenvalue weighted by molar-refractivity contribution is 5.93. The van der Waals surface area contributed by atoms with Crippen LogP contribution < -0.4 is 42.5 Å². The number of hydrogen-bond acceptors (Lipinski definition) is 22. The normalized spacial score (nSPS) is 12.5. The molecule has 0 radical (unpaired) electrons. The standard InChI is InChI=1S/C55H103N9O22/c1-8-22-84-42-43(85-23-9-2)40-60-51(69)41-64(21-29-83-39-34-78-7)55(73)86-24-16-50(68)62-46(54(72)63-45(53(71)59-20-28-82-38-33-77-6)11-14-48(66)57-18-26-80-36-31-75-4)12-15-49(67)61-44(52(70)58-19-27-81-37-32-76-5)10-13-47(65)56-17-25-79-35-30-74-3/h43-46H,8-42H2,1-7H3,(H,56,65)(H,57,66)(H,58,70)(H,59,71)(H,60,69)(H,61,67)(H,62,68)(H,63,72). The molecule has 0 fully saturated rings. The van der Waals surface area contributed by atoms with Crippen LogP contribution in [0.2, 0.25) is 0 Å². The second-order valence-corrected chi connectivity index (χ2v) is 18.9. The summed E-state index contributed by atoms with van der Waals surface area (Å²) in [7, 11) is 7.57. The number of hydrogen-bond donors (Lipinski definition) is 8. The van der Waals surface area contributed by atoms with Crippen molar-refractivity contribution in [2.45, 2.75) is 95.9 Å². The molecule has 500 valence electrons. The molecule has 0 aromatic heterocycles. The van der Waals surface area contributed by atoms with Crippen LogP contribution in [0.4, 0.5) is 4.79 Å². The summed E-state index contributed by atoms with van der Waals surface area (Å²) in [6, 6.07) is -4.12. The molecule has 4 unspecified atom stereocenters. The number of methoxy groups -OCH3 is 5. The molecule has 8 N–H and O–H groups in total. The third-order valence-corrected chi connectivity index (χ3v) is 11.7. The van der Waals surface area contributed by atoms with Crippen molar-refractivity contribution in [2.24, 2.45) is 0 Å². The first kappa shape index (κ1) is 80.5. The van der Waals surface area contributed by atoms with Gasteiger partial charge in [-0.25, -0.2) is 4.79 Å². The third kappa shape index (κ3) is 46.7. The Morgan fingerprint density at radius 2 is 0.779 bits per heavy atom. The van der Waals surface area contributed by atoms with E-state index in [0.29, 0.717) is 52.9 Å². The van der Waals surface area contributed by atoms with Crippen molar-refractivity contribution in [2.75, 3.05) is 207 Å². The van der Waals surface area contributed by atoms with Crippen LogP contribution in [0.1, 0.15) is 71.6 Å². The van der Waals surface area contributed by atoms with E-state index in [1.165, 1.54) is 35.5 Å². The van der Waals surface area contributed by atoms with E-state index in [2.05, 4.69) is 42.5 Å². The van der Waals surface area contributed by atoms with Crippen LogP contribution in [0.5, 0.6) is 0 Å². The largest absolute Gasteiger partial charge is 0.449 e. The van der Waals surface area contributed by atoms with Crippen LogP contribution in [0, 0.1) is 0 Å². The zero-order valence-electron chi connectivity index (χ0n) is 52.0. The Bertz CT molecular complexity index is 1810. The molecule has 0 aromatic carbocycles. The minimum atomic E-state index is -1.54. The maximum atomic E-state index is 14.3. The van der Waals surface area contributed by atoms with Gasteiger partial charge in [0.1, 0.15) is 31.3 Å². The van der Waals surface area contributed by atoms with Crippen molar-refractivity contribution >= 4 is 53.4 Å². The number of carbonyl (C=O) groups is 9. The molecule has 0 spiro atoms. The summed E-state index contributed by atoms with van der Waals surface area (Å²) in [4.78, 5) is 122. The smallest absolute Gasteiger partial charge is 0.410 e. The van der Waals surface area contributed by atoms with E-state index in [1.54, 1.807) is 0 Å². The van der Waals surface area contributed by atoms with Crippen molar-refractivity contribution < 1.29 is 105 Å². The van der Waals surface area contributed by atoms with Gasteiger partial charge in [0.25, 0.3) is 0 Å². The average Bonchev–Trinajstić information content (AvgIpc) is 3.71. The monoisotopic (exact) mass is 1240 g/mol. The molecule has 86 heavy (non-hydrogen) atoms. The lowest BCUT2D eigenvalue weighted by molar-refractivity contribution is -0.133. The highest BCUT2D eigenvalue weighted by Gasteiger charge is 2.30. The van der Waals surface area contributed by atoms with Gasteiger partial charge in [0, 0.05) is 107 Å². The first-order valence-electron chi connectivity index (χ1n) is 29.4. The summed E-state index contributed by atoms with van der Waals surface area (Å²) in [5, 5.41) is 21.3. The Morgan fingerprint density at radius 3 is 1.23 bits per heavy atom. The molecule has 4 atom stereocenters. The summed E-state index contributed by atoms with van der Waals surface area (Å²) < 4.78 is 69.0. The predicted molar refractivity (Wildman–Crippen MR) is 311 cm³/mol. The quantitative estimate of drug-likeness (QED) is 0.0298. The number of amides is 9. The molecule has 0 aromatic rings. The minimum Gasteiger partial charge on any atom is -0.449 e. The molecule has 0 saturated carbocycles. The van der Waals surface area contributed by atoms with Gasteiger partial charge in [-0.05, 0) is 32.1 Å². The molecule has 0 aliphatic carbocycles. The van der Waals surface area contributed by atoms with E-state index >= 15 is 0 Å². The lowest BCUT2D eigenvalue weighted by Crippen LogP contribution is -2.54. The van der Waals surface area contributed by atoms with Gasteiger partial charge in [0.15, 0.2) is 0 Å². The molecule has 9 amide bonds. The molecule has 0 aliphatic rings. The number of rotatable bonds is 59. The third-order valence-electron chi connectivity index (χ3n) is 11.7. The fraction of sp³-hybridized carbons (Fsp3) is 0.836. The summed E-state index contributed by atoms with van der Waals surface area (Å²) in [5.41, 5.74) is 0. The molecular formula is C55H103N9O22. The van der Waals surface area contributed by atoms with Gasteiger partial charge in [-0.3, -0.25) is 43.3 Å². The van der Waals surface area contributed by atoms with E-state index in [1.807, 2.05) is 13.8 Å². The predicted octanol–water partition coefficient (Wildman–Crippen LogP) is -2.27. The molecule has 0 aliphatic heterocycles. The zero-order valence-corrected chi connectivity index (χ0v) is 52.0. The fourth-order valence-electron chi connectivity index (χ4n) is 7.10. The second kappa shape index (κ2) is 57.3. The number of carbonyl (C=O) groups excluding carboxylic acids is 9. The van der Waals surface area contributed by atoms with Crippen LogP contribution in [-0.4, -0.2) is 289 Å². The van der Waals surface area contributed by atoms with Crippen LogP contribution in [0.15, 0.2) is 0 Å². The maximum Gasteiger partial charge on any atom is 0.410 e. The van der Waals surface area contributed by atoms with Gasteiger partial charge in [-0.2, -0.15) is 0 Å². The van der Waals surface area contributed by atoms with Crippen molar-refractivity contribution in [3.63, 3.8) is 0 Å². The number of nitrogens with one attached hydrogen (secondary N) is 8. The zero-order chi connectivity index (χ0) is 63.7. The SMILES string of the molecule is CCCOCC(CNC(=O)CN(CCOCCOC)C(=O)OCCC(=O)NC(CCC(=O)NC(CCC(=O)NCCOCCOC)C(=O)NCCOCCOC)C(=O)NC(CCC(=O)NCCOCCOC)C(=O)NCCOCCOC)OCCC. The first-order chi connectivity index (χ1) is 41.7. The van der Waals surface area contributed by atoms with Crippen molar-refractivity contribution in [3.8, 4) is 0 Å². The van der Waals surface area contributed by atoms with Crippen molar-refractivity contribution in [1.82, 2.24) is 47.4 Å². The number of ether oxygens (including phenoxy) is 13. The van der Waals surface area contributed by atoms with E-state index in [0.717, 1.165) is 17.7 Å². The molecule has 0 rings (SSSR count). The highest BCUT2D eigenvalue weighted by Crippen LogP contribution is 2.07. The Balaban J connectivity index is 6.60. The molecule has 0 saturated heterocycles. The summed E-state index contributed by atoms with van der Waals surface area (Å²) in [6.45, 7) is 8.25. The molecule has 31 nitrogen and oxygen atoms in total. The van der Waals surface area contributed by atoms with Crippen LogP contribution in [0.3, 0.4) is 0 Å². The van der Waals surface area contributed by atoms with E-state index in [-0.39, 0.29) is 131 Å². The summed E-state index contributed by atoms with van der Waals surface area (Å²) in [5.74, 6) is -5.21. The van der Waals surface area contributed by atoms with Gasteiger partial charge >= 0.3 is 6.09 Å². The van der Waals surface area contributed by atoms with E-state index < -0.39 is 110 Å². The lowest BCUT2D eigenvalue weighted by atomic mass is 10.1. The Kier molecular flexibility index (Phi) is 53.7. The van der Waals surface area contributed by atoms with E-state index in [9.17, 15) is 43.2 Å². The summed E-state index contributed by atoms with van der Waals surface area (Å²) in [6.07, 6.45) is -1.98. The van der Waals surface area contributed by atoms with E-state index in [4.69, 9.17) is 61.6 Å². The molecular weight excluding hydrogens is 1140 g/mol. The Labute approximate surface area is 507 Å². The fourth-order valence-corrected chi connectivity index (χ4v) is 7.10. The van der Waals surface area contributed by atoms with Gasteiger partial charge < -0.3 is 104 Å². The minimum absolute atomic E-state index is 0.0106. The number of nitrogens with zero attached hydrogens (tertiary/aromatic N) is 1. The van der Waals surface area contributed by atoms with Crippen molar-refractivity contribution in [3.05, 3.63) is 0 Å². The average molecular weight is 1240 g/mol. The Morgan fingerprint density at radius 1 is 0.372 bits per heavy atom. The first-order valence-corrected chi connectivity index (χ1v) is 29.4. The van der Waals surface area contributed by atoms with Crippen LogP contribution in [0.25, 0.3) is 0 Å². The lowest BCUT2D eigenvalue weighted by Gasteiger charge is -2.24. The molecule has 31 heteroatoms. The maximum absolute atomic E-state index is 14.3. The highest BCUT2D eigenvalue weighted by atomic mass is 16.6. The molecule has 0 heterocycles. The van der Waals surface area contributed by atoms with Gasteiger partial charge in [-0.1, -0.05) is 13.8 Å². The summed E-state index contributed by atoms with van der Waals surface area (Å²) >= 11 is 0. The van der Waals surface area contributed by atoms with Crippen molar-refractivity contribution in [1.29, 1.82) is 0 Å². The van der Waals surface area contributed by atoms with Gasteiger partial charge in [0.05, 0.1) is 118 Å². The second-order valence-electron chi connectivity index (χ2n) is 18.9.